The molecule has 1 aliphatic rings. The number of pyridine rings is 1. The molecule has 8 nitrogen and oxygen atoms in total. The van der Waals surface area contributed by atoms with E-state index in [2.05, 4.69) is 15.3 Å². The Morgan fingerprint density at radius 1 is 1.44 bits per heavy atom. The minimum absolute atomic E-state index is 0.109. The molecule has 2 aromatic rings. The molecule has 25 heavy (non-hydrogen) atoms. The first-order valence-corrected chi connectivity index (χ1v) is 8.05. The third kappa shape index (κ3) is 4.03. The number of nitrogens with one attached hydrogen (secondary N) is 1. The van der Waals surface area contributed by atoms with Crippen LogP contribution in [0.4, 0.5) is 0 Å². The van der Waals surface area contributed by atoms with E-state index in [0.717, 1.165) is 5.56 Å². The van der Waals surface area contributed by atoms with Crippen molar-refractivity contribution in [3.8, 4) is 5.88 Å². The summed E-state index contributed by atoms with van der Waals surface area (Å²) in [4.78, 5) is 31.8. The van der Waals surface area contributed by atoms with E-state index in [1.807, 2.05) is 6.07 Å². The first kappa shape index (κ1) is 17.1. The molecule has 1 amide bonds. The molecule has 2 aromatic heterocycles. The van der Waals surface area contributed by atoms with Crippen molar-refractivity contribution >= 4 is 5.91 Å². The third-order valence-electron chi connectivity index (χ3n) is 4.36. The number of ether oxygens (including phenoxy) is 1. The lowest BCUT2D eigenvalue weighted by molar-refractivity contribution is -0.123. The zero-order valence-corrected chi connectivity index (χ0v) is 13.8. The zero-order valence-electron chi connectivity index (χ0n) is 13.8. The van der Waals surface area contributed by atoms with Crippen molar-refractivity contribution in [2.24, 2.45) is 5.92 Å². The maximum absolute atomic E-state index is 12.4. The summed E-state index contributed by atoms with van der Waals surface area (Å²) >= 11 is 0. The molecule has 0 spiro atoms. The van der Waals surface area contributed by atoms with Gasteiger partial charge >= 0.3 is 5.69 Å². The highest BCUT2D eigenvalue weighted by molar-refractivity contribution is 5.76. The molecule has 0 radical (unpaired) electrons. The van der Waals surface area contributed by atoms with Crippen molar-refractivity contribution in [1.82, 2.24) is 19.9 Å². The van der Waals surface area contributed by atoms with Crippen LogP contribution in [0.5, 0.6) is 5.88 Å². The van der Waals surface area contributed by atoms with E-state index in [1.54, 1.807) is 18.3 Å². The molecule has 2 N–H and O–H groups in total. The van der Waals surface area contributed by atoms with Crippen molar-refractivity contribution < 1.29 is 14.6 Å². The molecule has 0 aromatic carbocycles. The molecular weight excluding hydrogens is 324 g/mol. The second-order valence-electron chi connectivity index (χ2n) is 6.09. The minimum atomic E-state index is -0.473. The van der Waals surface area contributed by atoms with E-state index in [4.69, 9.17) is 4.74 Å². The summed E-state index contributed by atoms with van der Waals surface area (Å²) in [5.41, 5.74) is 0.365. The lowest BCUT2D eigenvalue weighted by Gasteiger charge is -2.38. The van der Waals surface area contributed by atoms with Gasteiger partial charge in [-0.1, -0.05) is 6.07 Å². The van der Waals surface area contributed by atoms with Gasteiger partial charge in [-0.15, -0.1) is 0 Å². The Bertz CT molecular complexity index is 784. The molecule has 1 aliphatic carbocycles. The number of carbonyl (C=O) groups is 1. The molecule has 0 aliphatic heterocycles. The summed E-state index contributed by atoms with van der Waals surface area (Å²) in [6, 6.07) is 4.90. The molecule has 2 heterocycles. The Hall–Kier alpha value is -2.74. The Kier molecular flexibility index (Phi) is 5.08. The number of aromatic nitrogens is 3. The average molecular weight is 344 g/mol. The molecule has 8 heteroatoms. The second kappa shape index (κ2) is 7.43. The van der Waals surface area contributed by atoms with Gasteiger partial charge in [0.25, 0.3) is 0 Å². The second-order valence-corrected chi connectivity index (χ2v) is 6.09. The lowest BCUT2D eigenvalue weighted by atomic mass is 9.75. The largest absolute Gasteiger partial charge is 0.481 e. The van der Waals surface area contributed by atoms with Crippen molar-refractivity contribution in [2.75, 3.05) is 7.11 Å². The topological polar surface area (TPSA) is 106 Å². The van der Waals surface area contributed by atoms with E-state index < -0.39 is 5.69 Å². The predicted molar refractivity (Wildman–Crippen MR) is 88.9 cm³/mol. The van der Waals surface area contributed by atoms with E-state index in [0.29, 0.717) is 18.7 Å². The molecular formula is C17H20N4O4. The van der Waals surface area contributed by atoms with Crippen LogP contribution in [0, 0.1) is 5.92 Å². The number of rotatable bonds is 6. The summed E-state index contributed by atoms with van der Waals surface area (Å²) in [5, 5.41) is 12.6. The highest BCUT2D eigenvalue weighted by Gasteiger charge is 2.35. The molecule has 1 atom stereocenters. The van der Waals surface area contributed by atoms with Crippen molar-refractivity contribution in [3.63, 3.8) is 0 Å². The molecule has 1 fully saturated rings. The van der Waals surface area contributed by atoms with E-state index in [9.17, 15) is 14.7 Å². The van der Waals surface area contributed by atoms with Crippen LogP contribution in [0.25, 0.3) is 0 Å². The zero-order chi connectivity index (χ0) is 17.8. The summed E-state index contributed by atoms with van der Waals surface area (Å²) in [6.07, 6.45) is 5.46. The number of methoxy groups -OCH3 is 1. The molecule has 0 bridgehead atoms. The first-order valence-electron chi connectivity index (χ1n) is 8.05. The van der Waals surface area contributed by atoms with Gasteiger partial charge in [-0.3, -0.25) is 9.36 Å². The summed E-state index contributed by atoms with van der Waals surface area (Å²) in [5.74, 6) is 0.321. The monoisotopic (exact) mass is 344 g/mol. The lowest BCUT2D eigenvalue weighted by Crippen LogP contribution is -2.43. The van der Waals surface area contributed by atoms with E-state index in [1.165, 1.54) is 24.1 Å². The number of aliphatic hydroxyl groups excluding tert-OH is 1. The van der Waals surface area contributed by atoms with Crippen LogP contribution in [-0.4, -0.2) is 38.8 Å². The van der Waals surface area contributed by atoms with E-state index in [-0.39, 0.29) is 30.5 Å². The van der Waals surface area contributed by atoms with Gasteiger partial charge in [0.1, 0.15) is 6.54 Å². The SMILES string of the molecule is COc1ccc(C(NC(=O)Cn2cccnc2=O)C2CC(O)C2)cn1. The van der Waals surface area contributed by atoms with Gasteiger partial charge in [0, 0.05) is 24.7 Å². The van der Waals surface area contributed by atoms with Gasteiger partial charge in [0.2, 0.25) is 11.8 Å². The number of carbonyl (C=O) groups excluding carboxylic acids is 1. The van der Waals surface area contributed by atoms with Crippen LogP contribution in [0.3, 0.4) is 0 Å². The number of hydrogen-bond acceptors (Lipinski definition) is 6. The van der Waals surface area contributed by atoms with Gasteiger partial charge in [0.15, 0.2) is 0 Å². The predicted octanol–water partition coefficient (Wildman–Crippen LogP) is 0.275. The van der Waals surface area contributed by atoms with Crippen LogP contribution in [0.2, 0.25) is 0 Å². The van der Waals surface area contributed by atoms with Crippen molar-refractivity contribution in [1.29, 1.82) is 0 Å². The van der Waals surface area contributed by atoms with Gasteiger partial charge in [-0.2, -0.15) is 0 Å². The summed E-state index contributed by atoms with van der Waals surface area (Å²) < 4.78 is 6.30. The van der Waals surface area contributed by atoms with Crippen LogP contribution >= 0.6 is 0 Å². The van der Waals surface area contributed by atoms with Gasteiger partial charge in [0.05, 0.1) is 19.3 Å². The normalized spacial score (nSPS) is 20.4. The maximum atomic E-state index is 12.4. The smallest absolute Gasteiger partial charge is 0.347 e. The standard InChI is InChI=1S/C17H20N4O4/c1-25-15-4-3-11(9-19-15)16(12-7-13(22)8-12)20-14(23)10-21-6-2-5-18-17(21)24/h2-6,9,12-13,16,22H,7-8,10H2,1H3,(H,20,23). The maximum Gasteiger partial charge on any atom is 0.347 e. The van der Waals surface area contributed by atoms with Crippen LogP contribution in [0.15, 0.2) is 41.6 Å². The van der Waals surface area contributed by atoms with Crippen LogP contribution < -0.4 is 15.7 Å². The minimum Gasteiger partial charge on any atom is -0.481 e. The van der Waals surface area contributed by atoms with E-state index >= 15 is 0 Å². The van der Waals surface area contributed by atoms with Gasteiger partial charge in [-0.25, -0.2) is 14.8 Å². The van der Waals surface area contributed by atoms with Crippen molar-refractivity contribution in [3.05, 3.63) is 52.8 Å². The van der Waals surface area contributed by atoms with Crippen LogP contribution in [0.1, 0.15) is 24.4 Å². The fourth-order valence-electron chi connectivity index (χ4n) is 2.95. The highest BCUT2D eigenvalue weighted by Crippen LogP contribution is 2.38. The first-order chi connectivity index (χ1) is 12.1. The number of nitrogens with zero attached hydrogens (tertiary/aromatic N) is 3. The van der Waals surface area contributed by atoms with Crippen molar-refractivity contribution in [2.45, 2.75) is 31.5 Å². The Labute approximate surface area is 144 Å². The van der Waals surface area contributed by atoms with Crippen LogP contribution in [-0.2, 0) is 11.3 Å². The fourth-order valence-corrected chi connectivity index (χ4v) is 2.95. The molecule has 132 valence electrons. The third-order valence-corrected chi connectivity index (χ3v) is 4.36. The van der Waals surface area contributed by atoms with Gasteiger partial charge < -0.3 is 15.2 Å². The number of amides is 1. The molecule has 1 unspecified atom stereocenters. The molecule has 3 rings (SSSR count). The molecule has 1 saturated carbocycles. The number of aliphatic hydroxyl groups is 1. The summed E-state index contributed by atoms with van der Waals surface area (Å²) in [7, 11) is 1.54. The van der Waals surface area contributed by atoms with Gasteiger partial charge in [-0.05, 0) is 30.4 Å². The highest BCUT2D eigenvalue weighted by atomic mass is 16.5. The number of hydrogen-bond donors (Lipinski definition) is 2. The average Bonchev–Trinajstić information content (AvgIpc) is 2.59. The Morgan fingerprint density at radius 3 is 2.84 bits per heavy atom. The molecule has 0 saturated heterocycles. The quantitative estimate of drug-likeness (QED) is 0.779. The fraction of sp³-hybridized carbons (Fsp3) is 0.412. The Morgan fingerprint density at radius 2 is 2.24 bits per heavy atom. The summed E-state index contributed by atoms with van der Waals surface area (Å²) in [6.45, 7) is -0.109. The Balaban J connectivity index is 1.74.